The summed E-state index contributed by atoms with van der Waals surface area (Å²) in [5.74, 6) is -0.0231. The first-order chi connectivity index (χ1) is 3.79. The van der Waals surface area contributed by atoms with Crippen LogP contribution in [0.5, 0.6) is 0 Å². The van der Waals surface area contributed by atoms with Gasteiger partial charge in [0.05, 0.1) is 6.20 Å². The van der Waals surface area contributed by atoms with Gasteiger partial charge in [-0.1, -0.05) is 5.10 Å². The van der Waals surface area contributed by atoms with Crippen LogP contribution in [0.2, 0.25) is 0 Å². The maximum atomic E-state index is 10.1. The van der Waals surface area contributed by atoms with Crippen molar-refractivity contribution in [3.05, 3.63) is 16.7 Å². The lowest BCUT2D eigenvalue weighted by Crippen LogP contribution is -2.10. The van der Waals surface area contributed by atoms with Crippen LogP contribution in [0.4, 0.5) is 5.82 Å². The van der Waals surface area contributed by atoms with E-state index < -0.39 is 5.69 Å². The first kappa shape index (κ1) is 4.76. The minimum atomic E-state index is -0.586. The molecule has 0 unspecified atom stereocenters. The summed E-state index contributed by atoms with van der Waals surface area (Å²) < 4.78 is 0. The summed E-state index contributed by atoms with van der Waals surface area (Å²) in [7, 11) is 0. The molecule has 1 aromatic rings. The van der Waals surface area contributed by atoms with Gasteiger partial charge in [-0.05, 0) is 0 Å². The Morgan fingerprint density at radius 2 is 2.50 bits per heavy atom. The van der Waals surface area contributed by atoms with Gasteiger partial charge in [-0.25, -0.2) is 4.79 Å². The molecule has 8 heavy (non-hydrogen) atoms. The maximum Gasteiger partial charge on any atom is 0.365 e. The third-order valence-corrected chi connectivity index (χ3v) is 0.577. The molecule has 0 aliphatic carbocycles. The van der Waals surface area contributed by atoms with Gasteiger partial charge in [0, 0.05) is 0 Å². The molecule has 0 bridgehead atoms. The quantitative estimate of drug-likeness (QED) is 0.470. The zero-order valence-corrected chi connectivity index (χ0v) is 3.88. The highest BCUT2D eigenvalue weighted by Gasteiger charge is 1.83. The van der Waals surface area contributed by atoms with Crippen LogP contribution in [0.15, 0.2) is 11.0 Å². The molecular weight excluding hydrogens is 108 g/mol. The third-order valence-electron chi connectivity index (χ3n) is 0.577. The molecule has 41 valence electrons. The summed E-state index contributed by atoms with van der Waals surface area (Å²) in [5, 5.41) is 6.26. The van der Waals surface area contributed by atoms with Crippen molar-refractivity contribution in [3.8, 4) is 0 Å². The van der Waals surface area contributed by atoms with E-state index in [0.717, 1.165) is 6.20 Å². The van der Waals surface area contributed by atoms with Crippen molar-refractivity contribution in [2.45, 2.75) is 0 Å². The number of hydrogen-bond acceptors (Lipinski definition) is 3. The summed E-state index contributed by atoms with van der Waals surface area (Å²) in [6.45, 7) is 0. The summed E-state index contributed by atoms with van der Waals surface area (Å²) in [4.78, 5) is 12.2. The number of rotatable bonds is 0. The number of hydrogen-bond donors (Lipinski definition) is 1. The molecule has 1 radical (unpaired) electrons. The monoisotopic (exact) mass is 111 g/mol. The Morgan fingerprint density at radius 1 is 1.75 bits per heavy atom. The molecule has 0 aromatic carbocycles. The summed E-state index contributed by atoms with van der Waals surface area (Å²) in [6.07, 6.45) is 1.15. The normalized spacial score (nSPS) is 9.00. The van der Waals surface area contributed by atoms with Gasteiger partial charge in [0.15, 0.2) is 0 Å². The number of aromatic nitrogens is 3. The van der Waals surface area contributed by atoms with E-state index in [1.54, 1.807) is 0 Å². The molecule has 1 rings (SSSR count). The summed E-state index contributed by atoms with van der Waals surface area (Å²) >= 11 is 0. The molecule has 0 saturated heterocycles. The first-order valence-corrected chi connectivity index (χ1v) is 1.92. The van der Waals surface area contributed by atoms with Gasteiger partial charge in [-0.3, -0.25) is 10.7 Å². The van der Waals surface area contributed by atoms with E-state index in [0.29, 0.717) is 0 Å². The molecule has 0 fully saturated rings. The Kier molecular flexibility index (Phi) is 0.957. The molecule has 5 nitrogen and oxygen atoms in total. The highest BCUT2D eigenvalue weighted by Crippen LogP contribution is 1.82. The topological polar surface area (TPSA) is 82.4 Å². The van der Waals surface area contributed by atoms with E-state index in [1.165, 1.54) is 0 Å². The number of H-pyrrole nitrogens is 1. The smallest absolute Gasteiger partial charge is 0.288 e. The number of aromatic amines is 1. The molecule has 2 N–H and O–H groups in total. The van der Waals surface area contributed by atoms with Crippen molar-refractivity contribution in [1.82, 2.24) is 20.9 Å². The predicted octanol–water partition coefficient (Wildman–Crippen LogP) is -0.921. The van der Waals surface area contributed by atoms with E-state index in [4.69, 9.17) is 5.73 Å². The zero-order chi connectivity index (χ0) is 5.98. The fourth-order valence-corrected chi connectivity index (χ4v) is 0.312. The first-order valence-electron chi connectivity index (χ1n) is 1.92. The lowest BCUT2D eigenvalue weighted by atomic mass is 10.8. The molecule has 5 heteroatoms. The lowest BCUT2D eigenvalue weighted by Gasteiger charge is -1.81. The Bertz CT molecular complexity index is 229. The molecular formula is C3H3N4O. The van der Waals surface area contributed by atoms with Crippen LogP contribution in [0, 0.1) is 0 Å². The fraction of sp³-hybridized carbons (Fsp3) is 0. The SMILES string of the molecule is [NH]c1cnnc(=O)[nH]1. The van der Waals surface area contributed by atoms with Gasteiger partial charge in [-0.2, -0.15) is 5.10 Å². The average molecular weight is 111 g/mol. The Labute approximate surface area is 44.6 Å². The van der Waals surface area contributed by atoms with Crippen LogP contribution >= 0.6 is 0 Å². The van der Waals surface area contributed by atoms with Crippen molar-refractivity contribution in [1.29, 1.82) is 0 Å². The molecule has 1 aromatic heterocycles. The molecule has 1 heterocycles. The van der Waals surface area contributed by atoms with Gasteiger partial charge in [0.25, 0.3) is 0 Å². The predicted molar refractivity (Wildman–Crippen MR) is 25.4 cm³/mol. The van der Waals surface area contributed by atoms with E-state index in [-0.39, 0.29) is 5.82 Å². The van der Waals surface area contributed by atoms with Crippen LogP contribution in [-0.4, -0.2) is 15.2 Å². The summed E-state index contributed by atoms with van der Waals surface area (Å²) in [6, 6.07) is 0. The minimum absolute atomic E-state index is 0.0231. The maximum absolute atomic E-state index is 10.1. The standard InChI is InChI=1S/C3H3N4O/c4-2-1-5-7-3(8)6-2/h1,4H,(H,6,7,8). The van der Waals surface area contributed by atoms with Crippen LogP contribution in [0.1, 0.15) is 0 Å². The molecule has 0 atom stereocenters. The van der Waals surface area contributed by atoms with Gasteiger partial charge in [0.2, 0.25) is 0 Å². The van der Waals surface area contributed by atoms with Crippen LogP contribution in [-0.2, 0) is 0 Å². The second kappa shape index (κ2) is 1.61. The number of nitrogens with zero attached hydrogens (tertiary/aromatic N) is 2. The molecule has 0 saturated carbocycles. The van der Waals surface area contributed by atoms with E-state index in [2.05, 4.69) is 15.2 Å². The lowest BCUT2D eigenvalue weighted by molar-refractivity contribution is 0.909. The molecule has 0 amide bonds. The molecule has 0 aliphatic rings. The second-order valence-corrected chi connectivity index (χ2v) is 1.19. The molecule has 0 spiro atoms. The van der Waals surface area contributed by atoms with Gasteiger partial charge in [0.1, 0.15) is 5.82 Å². The highest BCUT2D eigenvalue weighted by atomic mass is 16.1. The van der Waals surface area contributed by atoms with E-state index >= 15 is 0 Å². The van der Waals surface area contributed by atoms with Gasteiger partial charge < -0.3 is 0 Å². The second-order valence-electron chi connectivity index (χ2n) is 1.19. The van der Waals surface area contributed by atoms with Crippen molar-refractivity contribution in [3.63, 3.8) is 0 Å². The van der Waals surface area contributed by atoms with Crippen LogP contribution in [0.25, 0.3) is 0 Å². The van der Waals surface area contributed by atoms with Crippen LogP contribution < -0.4 is 11.4 Å². The molecule has 0 aliphatic heterocycles. The zero-order valence-electron chi connectivity index (χ0n) is 3.88. The van der Waals surface area contributed by atoms with E-state index in [9.17, 15) is 4.79 Å². The average Bonchev–Trinajstić information content (AvgIpc) is 1.64. The third kappa shape index (κ3) is 0.810. The van der Waals surface area contributed by atoms with Gasteiger partial charge >= 0.3 is 5.69 Å². The van der Waals surface area contributed by atoms with Crippen molar-refractivity contribution >= 4 is 5.82 Å². The largest absolute Gasteiger partial charge is 0.365 e. The van der Waals surface area contributed by atoms with Crippen molar-refractivity contribution in [2.75, 3.05) is 0 Å². The van der Waals surface area contributed by atoms with E-state index in [1.807, 2.05) is 0 Å². The minimum Gasteiger partial charge on any atom is -0.288 e. The van der Waals surface area contributed by atoms with Crippen LogP contribution in [0.3, 0.4) is 0 Å². The van der Waals surface area contributed by atoms with Gasteiger partial charge in [-0.15, -0.1) is 0 Å². The Balaban J connectivity index is 3.28. The fourth-order valence-electron chi connectivity index (χ4n) is 0.312. The van der Waals surface area contributed by atoms with Crippen molar-refractivity contribution in [2.24, 2.45) is 0 Å². The van der Waals surface area contributed by atoms with Crippen molar-refractivity contribution < 1.29 is 0 Å². The summed E-state index contributed by atoms with van der Waals surface area (Å²) in [5.41, 5.74) is 6.19. The Morgan fingerprint density at radius 3 is 2.88 bits per heavy atom. The highest BCUT2D eigenvalue weighted by molar-refractivity contribution is 5.12. The number of nitrogens with one attached hydrogen (secondary N) is 2. The Hall–Kier alpha value is -1.39.